The van der Waals surface area contributed by atoms with Crippen molar-refractivity contribution in [3.63, 3.8) is 0 Å². The molecule has 0 aliphatic heterocycles. The molecule has 0 amide bonds. The summed E-state index contributed by atoms with van der Waals surface area (Å²) in [6, 6.07) is -2.54. The van der Waals surface area contributed by atoms with Crippen LogP contribution in [0.2, 0.25) is 0 Å². The van der Waals surface area contributed by atoms with Crippen LogP contribution < -0.4 is 4.74 Å². The SMILES string of the molecule is [2H]c1c([2H])c([C@@]([2H])(CN(C([2H])([2H])[2H])C([2H])([2H])[2H])C2(O)CCCCC2)c([2H])c([2H])c1OC. The highest BCUT2D eigenvalue weighted by atomic mass is 16.5. The molecule has 20 heavy (non-hydrogen) atoms. The van der Waals surface area contributed by atoms with Crippen LogP contribution in [0.3, 0.4) is 0 Å². The van der Waals surface area contributed by atoms with Gasteiger partial charge in [0, 0.05) is 22.0 Å². The molecule has 1 N–H and O–H groups in total. The maximum absolute atomic E-state index is 11.5. The third-order valence-corrected chi connectivity index (χ3v) is 3.67. The van der Waals surface area contributed by atoms with Crippen LogP contribution in [-0.2, 0) is 0 Å². The van der Waals surface area contributed by atoms with Crippen molar-refractivity contribution in [1.82, 2.24) is 4.90 Å². The largest absolute Gasteiger partial charge is 0.497 e. The molecule has 0 bridgehead atoms. The molecule has 2 rings (SSSR count). The lowest BCUT2D eigenvalue weighted by Crippen LogP contribution is -2.42. The Kier molecular flexibility index (Phi) is 2.10. The van der Waals surface area contributed by atoms with Gasteiger partial charge in [-0.2, -0.15) is 0 Å². The van der Waals surface area contributed by atoms with E-state index in [9.17, 15) is 6.48 Å². The van der Waals surface area contributed by atoms with Crippen molar-refractivity contribution in [1.29, 1.82) is 0 Å². The molecule has 1 aromatic carbocycles. The average molecular weight is 288 g/mol. The van der Waals surface area contributed by atoms with Gasteiger partial charge in [-0.3, -0.25) is 0 Å². The van der Waals surface area contributed by atoms with Gasteiger partial charge in [0.1, 0.15) is 5.75 Å². The highest BCUT2D eigenvalue weighted by Crippen LogP contribution is 2.40. The zero-order chi connectivity index (χ0) is 24.0. The van der Waals surface area contributed by atoms with Crippen molar-refractivity contribution in [2.75, 3.05) is 27.6 Å². The Morgan fingerprint density at radius 2 is 2.00 bits per heavy atom. The van der Waals surface area contributed by atoms with E-state index in [1.165, 1.54) is 0 Å². The summed E-state index contributed by atoms with van der Waals surface area (Å²) in [5.41, 5.74) is -2.51. The molecule has 0 saturated heterocycles. The Hall–Kier alpha value is -1.06. The third-order valence-electron chi connectivity index (χ3n) is 3.67. The summed E-state index contributed by atoms with van der Waals surface area (Å²) in [7, 11) is 1.16. The maximum Gasteiger partial charge on any atom is 0.118 e. The average Bonchev–Trinajstić information content (AvgIpc) is 2.64. The first-order chi connectivity index (χ1) is 14.0. The molecule has 1 aliphatic carbocycles. The standard InChI is InChI=1S/C17H27NO2/c1-18(2)13-16(17(19)11-5-4-6-12-17)14-7-9-15(20-3)10-8-14/h7-10,16,19H,4-6,11-13H2,1-3H3/t16-/m1/s1/i1D3,2D3,7D,8D,9D,10D,16D. The lowest BCUT2D eigenvalue weighted by atomic mass is 9.72. The number of hydrogen-bond acceptors (Lipinski definition) is 3. The van der Waals surface area contributed by atoms with Crippen LogP contribution in [0.25, 0.3) is 0 Å². The highest BCUT2D eigenvalue weighted by Gasteiger charge is 2.38. The van der Waals surface area contributed by atoms with E-state index >= 15 is 0 Å². The zero-order valence-electron chi connectivity index (χ0n) is 22.5. The van der Waals surface area contributed by atoms with Crippen molar-refractivity contribution in [3.8, 4) is 5.75 Å². The van der Waals surface area contributed by atoms with Crippen LogP contribution in [0.1, 0.15) is 58.6 Å². The molecule has 112 valence electrons. The molecule has 0 radical (unpaired) electrons. The van der Waals surface area contributed by atoms with E-state index in [-0.39, 0.29) is 23.5 Å². The number of nitrogens with zero attached hydrogens (tertiary/aromatic N) is 1. The smallest absolute Gasteiger partial charge is 0.118 e. The summed E-state index contributed by atoms with van der Waals surface area (Å²) >= 11 is 0. The van der Waals surface area contributed by atoms with Gasteiger partial charge in [-0.15, -0.1) is 0 Å². The Bertz CT molecular complexity index is 775. The van der Waals surface area contributed by atoms with Crippen molar-refractivity contribution in [3.05, 3.63) is 29.7 Å². The Morgan fingerprint density at radius 3 is 2.55 bits per heavy atom. The fraction of sp³-hybridized carbons (Fsp3) is 0.647. The first-order valence-electron chi connectivity index (χ1n) is 12.2. The molecule has 3 nitrogen and oxygen atoms in total. The Labute approximate surface area is 138 Å². The molecule has 0 heterocycles. The summed E-state index contributed by atoms with van der Waals surface area (Å²) in [6.07, 6.45) is 1.77. The van der Waals surface area contributed by atoms with Crippen LogP contribution >= 0.6 is 0 Å². The molecule has 0 aromatic heterocycles. The summed E-state index contributed by atoms with van der Waals surface area (Å²) < 4.78 is 93.2. The summed E-state index contributed by atoms with van der Waals surface area (Å²) in [5, 5.41) is 11.5. The monoisotopic (exact) mass is 288 g/mol. The van der Waals surface area contributed by atoms with Gasteiger partial charge in [0.15, 0.2) is 0 Å². The lowest BCUT2D eigenvalue weighted by molar-refractivity contribution is -0.0277. The Balaban J connectivity index is 2.85. The number of aliphatic hydroxyl groups is 1. The van der Waals surface area contributed by atoms with E-state index in [1.807, 2.05) is 0 Å². The second kappa shape index (κ2) is 6.59. The van der Waals surface area contributed by atoms with E-state index < -0.39 is 61.7 Å². The quantitative estimate of drug-likeness (QED) is 0.904. The predicted octanol–water partition coefficient (Wildman–Crippen LogP) is 3.04. The number of methoxy groups -OCH3 is 1. The van der Waals surface area contributed by atoms with E-state index in [0.29, 0.717) is 12.8 Å². The summed E-state index contributed by atoms with van der Waals surface area (Å²) in [4.78, 5) is 0.121. The topological polar surface area (TPSA) is 32.7 Å². The minimum atomic E-state index is -3.16. The van der Waals surface area contributed by atoms with Gasteiger partial charge < -0.3 is 14.7 Å². The van der Waals surface area contributed by atoms with E-state index in [1.54, 1.807) is 0 Å². The molecule has 0 spiro atoms. The van der Waals surface area contributed by atoms with Gasteiger partial charge in [-0.05, 0) is 44.4 Å². The molecule has 1 fully saturated rings. The molecule has 1 saturated carbocycles. The van der Waals surface area contributed by atoms with Crippen molar-refractivity contribution >= 4 is 0 Å². The molecule has 1 atom stereocenters. The first-order valence-corrected chi connectivity index (χ1v) is 6.66. The first kappa shape index (κ1) is 6.37. The van der Waals surface area contributed by atoms with E-state index in [4.69, 9.17) is 18.4 Å². The molecule has 0 unspecified atom stereocenters. The maximum atomic E-state index is 11.5. The second-order valence-corrected chi connectivity index (χ2v) is 5.07. The van der Waals surface area contributed by atoms with Crippen LogP contribution in [0, 0.1) is 0 Å². The van der Waals surface area contributed by atoms with Crippen LogP contribution in [0.15, 0.2) is 24.2 Å². The van der Waals surface area contributed by atoms with Gasteiger partial charge in [0.05, 0.1) is 18.2 Å². The predicted molar refractivity (Wildman–Crippen MR) is 82.3 cm³/mol. The lowest BCUT2D eigenvalue weighted by Gasteiger charge is -2.40. The van der Waals surface area contributed by atoms with E-state index in [2.05, 4.69) is 0 Å². The molecular weight excluding hydrogens is 250 g/mol. The van der Waals surface area contributed by atoms with Crippen molar-refractivity contribution < 1.29 is 24.9 Å². The number of hydrogen-bond donors (Lipinski definition) is 1. The van der Waals surface area contributed by atoms with Crippen LogP contribution in [-0.4, -0.2) is 43.2 Å². The van der Waals surface area contributed by atoms with Crippen LogP contribution in [0.4, 0.5) is 0 Å². The molecule has 1 aliphatic rings. The minimum absolute atomic E-state index is 0.0257. The number of benzene rings is 1. The Morgan fingerprint density at radius 1 is 1.35 bits per heavy atom. The fourth-order valence-corrected chi connectivity index (χ4v) is 2.61. The molecular formula is C17H27NO2. The number of ether oxygens (including phenoxy) is 1. The summed E-state index contributed by atoms with van der Waals surface area (Å²) in [6.45, 7) is -7.36. The van der Waals surface area contributed by atoms with Gasteiger partial charge in [0.25, 0.3) is 0 Å². The zero-order valence-corrected chi connectivity index (χ0v) is 11.5. The van der Waals surface area contributed by atoms with Gasteiger partial charge in [0.2, 0.25) is 0 Å². The number of rotatable bonds is 5. The van der Waals surface area contributed by atoms with Crippen LogP contribution in [0.5, 0.6) is 5.75 Å². The highest BCUT2D eigenvalue weighted by molar-refractivity contribution is 5.31. The van der Waals surface area contributed by atoms with Gasteiger partial charge in [-0.1, -0.05) is 31.3 Å². The van der Waals surface area contributed by atoms with E-state index in [0.717, 1.165) is 13.5 Å². The molecule has 1 aromatic rings. The minimum Gasteiger partial charge on any atom is -0.497 e. The number of likely N-dealkylation sites (N-methyl/N-ethyl adjacent to an activating group) is 1. The fourth-order valence-electron chi connectivity index (χ4n) is 2.61. The summed E-state index contributed by atoms with van der Waals surface area (Å²) in [5.74, 6) is -2.83. The van der Waals surface area contributed by atoms with Gasteiger partial charge in [-0.25, -0.2) is 0 Å². The van der Waals surface area contributed by atoms with Crippen molar-refractivity contribution in [2.45, 2.75) is 43.6 Å². The normalized spacial score (nSPS) is 30.6. The molecule has 3 heteroatoms. The van der Waals surface area contributed by atoms with Crippen molar-refractivity contribution in [2.24, 2.45) is 0 Å². The third kappa shape index (κ3) is 3.53. The van der Waals surface area contributed by atoms with Gasteiger partial charge >= 0.3 is 0 Å². The second-order valence-electron chi connectivity index (χ2n) is 5.07.